The average molecular weight is 494 g/mol. The van der Waals surface area contributed by atoms with Gasteiger partial charge >= 0.3 is 0 Å². The van der Waals surface area contributed by atoms with Crippen molar-refractivity contribution < 1.29 is 22.4 Å². The van der Waals surface area contributed by atoms with Crippen molar-refractivity contribution in [1.82, 2.24) is 14.5 Å². The molecule has 0 unspecified atom stereocenters. The number of aryl methyl sites for hydroxylation is 2. The van der Waals surface area contributed by atoms with Crippen LogP contribution in [0.25, 0.3) is 0 Å². The Balaban J connectivity index is 1.34. The number of sulfonamides is 1. The first-order valence-corrected chi connectivity index (χ1v) is 12.8. The number of hydrogen-bond donors (Lipinski definition) is 1. The van der Waals surface area contributed by atoms with Gasteiger partial charge in [0.2, 0.25) is 15.9 Å². The van der Waals surface area contributed by atoms with Gasteiger partial charge in [-0.1, -0.05) is 11.6 Å². The minimum atomic E-state index is -3.62. The molecule has 2 aliphatic heterocycles. The molecule has 1 N–H and O–H groups in total. The van der Waals surface area contributed by atoms with E-state index in [4.69, 9.17) is 16.0 Å². The van der Waals surface area contributed by atoms with E-state index >= 15 is 0 Å². The highest BCUT2D eigenvalue weighted by Crippen LogP contribution is 2.42. The molecule has 2 amide bonds. The maximum absolute atomic E-state index is 13.3. The molecule has 0 atom stereocenters. The number of hydrogen-bond acceptors (Lipinski definition) is 5. The Bertz CT molecular complexity index is 1160. The van der Waals surface area contributed by atoms with Crippen LogP contribution < -0.4 is 5.32 Å². The maximum atomic E-state index is 13.3. The summed E-state index contributed by atoms with van der Waals surface area (Å²) in [6, 6.07) is 6.50. The molecule has 8 nitrogen and oxygen atoms in total. The second kappa shape index (κ2) is 9.12. The zero-order chi connectivity index (χ0) is 23.8. The molecular formula is C23H28ClN3O5S. The highest BCUT2D eigenvalue weighted by atomic mass is 35.5. The van der Waals surface area contributed by atoms with Crippen LogP contribution in [0.3, 0.4) is 0 Å². The van der Waals surface area contributed by atoms with Crippen molar-refractivity contribution in [3.63, 3.8) is 0 Å². The zero-order valence-corrected chi connectivity index (χ0v) is 20.3. The SMILES string of the molecule is Cc1cc(S(=O)(=O)N2CCC3(CCN(C(=O)CNC(=O)c4ccco4)CC3)C2)c(C)cc1Cl. The molecule has 0 radical (unpaired) electrons. The van der Waals surface area contributed by atoms with Crippen LogP contribution in [0, 0.1) is 19.3 Å². The first-order chi connectivity index (χ1) is 15.6. The Labute approximate surface area is 198 Å². The summed E-state index contributed by atoms with van der Waals surface area (Å²) in [6.07, 6.45) is 3.64. The number of nitrogens with zero attached hydrogens (tertiary/aromatic N) is 2. The normalized spacial score (nSPS) is 18.6. The number of piperidine rings is 1. The molecule has 0 aliphatic carbocycles. The van der Waals surface area contributed by atoms with Crippen LogP contribution in [0.4, 0.5) is 0 Å². The number of furan rings is 1. The van der Waals surface area contributed by atoms with E-state index in [1.165, 1.54) is 12.3 Å². The van der Waals surface area contributed by atoms with Crippen molar-refractivity contribution in [1.29, 1.82) is 0 Å². The highest BCUT2D eigenvalue weighted by molar-refractivity contribution is 7.89. The number of likely N-dealkylation sites (tertiary alicyclic amines) is 1. The Morgan fingerprint density at radius 3 is 2.48 bits per heavy atom. The quantitative estimate of drug-likeness (QED) is 0.690. The van der Waals surface area contributed by atoms with Crippen LogP contribution in [0.2, 0.25) is 5.02 Å². The third kappa shape index (κ3) is 4.81. The second-order valence-corrected chi connectivity index (χ2v) is 11.3. The first-order valence-electron chi connectivity index (χ1n) is 11.0. The van der Waals surface area contributed by atoms with Gasteiger partial charge < -0.3 is 14.6 Å². The van der Waals surface area contributed by atoms with Crippen LogP contribution in [-0.2, 0) is 14.8 Å². The van der Waals surface area contributed by atoms with Crippen molar-refractivity contribution in [2.75, 3.05) is 32.7 Å². The Morgan fingerprint density at radius 2 is 1.82 bits per heavy atom. The molecule has 1 aromatic carbocycles. The summed E-state index contributed by atoms with van der Waals surface area (Å²) >= 11 is 6.15. The minimum absolute atomic E-state index is 0.0950. The van der Waals surface area contributed by atoms with Gasteiger partial charge in [0.05, 0.1) is 17.7 Å². The van der Waals surface area contributed by atoms with Gasteiger partial charge in [-0.05, 0) is 73.9 Å². The number of amides is 2. The maximum Gasteiger partial charge on any atom is 0.287 e. The second-order valence-electron chi connectivity index (χ2n) is 9.00. The number of carbonyl (C=O) groups excluding carboxylic acids is 2. The van der Waals surface area contributed by atoms with E-state index in [1.807, 2.05) is 0 Å². The molecule has 0 saturated carbocycles. The molecule has 0 bridgehead atoms. The van der Waals surface area contributed by atoms with Crippen LogP contribution in [0.15, 0.2) is 39.8 Å². The molecular weight excluding hydrogens is 466 g/mol. The summed E-state index contributed by atoms with van der Waals surface area (Å²) in [5.41, 5.74) is 1.25. The smallest absolute Gasteiger partial charge is 0.287 e. The summed E-state index contributed by atoms with van der Waals surface area (Å²) in [5.74, 6) is -0.413. The fourth-order valence-corrected chi connectivity index (χ4v) is 6.74. The summed E-state index contributed by atoms with van der Waals surface area (Å²) < 4.78 is 33.3. The van der Waals surface area contributed by atoms with E-state index in [2.05, 4.69) is 5.32 Å². The number of rotatable bonds is 5. The number of halogens is 1. The molecule has 2 aromatic rings. The molecule has 3 heterocycles. The lowest BCUT2D eigenvalue weighted by molar-refractivity contribution is -0.132. The predicted molar refractivity (Wildman–Crippen MR) is 124 cm³/mol. The van der Waals surface area contributed by atoms with Crippen molar-refractivity contribution in [2.24, 2.45) is 5.41 Å². The molecule has 2 aliphatic rings. The molecule has 178 valence electrons. The van der Waals surface area contributed by atoms with Crippen molar-refractivity contribution in [2.45, 2.75) is 38.0 Å². The van der Waals surface area contributed by atoms with Crippen molar-refractivity contribution >= 4 is 33.4 Å². The van der Waals surface area contributed by atoms with Gasteiger partial charge in [0.25, 0.3) is 5.91 Å². The van der Waals surface area contributed by atoms with Crippen molar-refractivity contribution in [3.05, 3.63) is 52.4 Å². The molecule has 4 rings (SSSR count). The third-order valence-electron chi connectivity index (χ3n) is 6.80. The predicted octanol–water partition coefficient (Wildman–Crippen LogP) is 2.98. The van der Waals surface area contributed by atoms with E-state index in [0.717, 1.165) is 24.8 Å². The molecule has 33 heavy (non-hydrogen) atoms. The summed E-state index contributed by atoms with van der Waals surface area (Å²) in [6.45, 7) is 5.48. The number of carbonyl (C=O) groups is 2. The standard InChI is InChI=1S/C23H28ClN3O5S/c1-16-13-20(17(2)12-18(16)24)33(30,31)27-10-7-23(15-27)5-8-26(9-6-23)21(28)14-25-22(29)19-4-3-11-32-19/h3-4,11-13H,5-10,14-15H2,1-2H3,(H,25,29). The summed E-state index contributed by atoms with van der Waals surface area (Å²) in [4.78, 5) is 26.5. The third-order valence-corrected chi connectivity index (χ3v) is 9.19. The van der Waals surface area contributed by atoms with E-state index in [0.29, 0.717) is 41.7 Å². The van der Waals surface area contributed by atoms with Crippen LogP contribution in [0.5, 0.6) is 0 Å². The average Bonchev–Trinajstić information content (AvgIpc) is 3.46. The summed E-state index contributed by atoms with van der Waals surface area (Å²) in [5, 5.41) is 3.14. The van der Waals surface area contributed by atoms with E-state index < -0.39 is 15.9 Å². The largest absolute Gasteiger partial charge is 0.459 e. The van der Waals surface area contributed by atoms with Crippen LogP contribution in [-0.4, -0.2) is 62.2 Å². The lowest BCUT2D eigenvalue weighted by atomic mass is 9.78. The minimum Gasteiger partial charge on any atom is -0.459 e. The molecule has 2 fully saturated rings. The van der Waals surface area contributed by atoms with Gasteiger partial charge in [0.15, 0.2) is 5.76 Å². The van der Waals surface area contributed by atoms with E-state index in [1.54, 1.807) is 41.3 Å². The molecule has 2 saturated heterocycles. The first kappa shape index (κ1) is 23.8. The van der Waals surface area contributed by atoms with Gasteiger partial charge in [-0.3, -0.25) is 9.59 Å². The fraction of sp³-hybridized carbons (Fsp3) is 0.478. The van der Waals surface area contributed by atoms with Gasteiger partial charge in [-0.25, -0.2) is 8.42 Å². The Hall–Kier alpha value is -2.36. The Kier molecular flexibility index (Phi) is 6.57. The lowest BCUT2D eigenvalue weighted by Gasteiger charge is -2.39. The molecule has 1 aromatic heterocycles. The Morgan fingerprint density at radius 1 is 1.12 bits per heavy atom. The van der Waals surface area contributed by atoms with Crippen molar-refractivity contribution in [3.8, 4) is 0 Å². The van der Waals surface area contributed by atoms with Gasteiger partial charge in [-0.2, -0.15) is 4.31 Å². The van der Waals surface area contributed by atoms with E-state index in [-0.39, 0.29) is 23.6 Å². The lowest BCUT2D eigenvalue weighted by Crippen LogP contribution is -2.47. The van der Waals surface area contributed by atoms with Crippen LogP contribution in [0.1, 0.15) is 40.9 Å². The van der Waals surface area contributed by atoms with E-state index in [9.17, 15) is 18.0 Å². The number of benzene rings is 1. The zero-order valence-electron chi connectivity index (χ0n) is 18.8. The monoisotopic (exact) mass is 493 g/mol. The van der Waals surface area contributed by atoms with Gasteiger partial charge in [-0.15, -0.1) is 0 Å². The topological polar surface area (TPSA) is 99.9 Å². The number of nitrogens with one attached hydrogen (secondary N) is 1. The molecule has 10 heteroatoms. The van der Waals surface area contributed by atoms with Crippen LogP contribution >= 0.6 is 11.6 Å². The summed E-state index contributed by atoms with van der Waals surface area (Å²) in [7, 11) is -3.62. The highest BCUT2D eigenvalue weighted by Gasteiger charge is 2.45. The molecule has 1 spiro atoms. The van der Waals surface area contributed by atoms with Gasteiger partial charge in [0, 0.05) is 31.2 Å². The van der Waals surface area contributed by atoms with Gasteiger partial charge in [0.1, 0.15) is 0 Å². The fourth-order valence-electron chi connectivity index (χ4n) is 4.67.